The van der Waals surface area contributed by atoms with Gasteiger partial charge in [0.2, 0.25) is 0 Å². The number of halogens is 3. The summed E-state index contributed by atoms with van der Waals surface area (Å²) in [6.45, 7) is 4.12. The van der Waals surface area contributed by atoms with Crippen LogP contribution in [0, 0.1) is 0 Å². The molecule has 3 aromatic carbocycles. The molecule has 1 amide bonds. The van der Waals surface area contributed by atoms with Crippen LogP contribution in [0.4, 0.5) is 0 Å². The van der Waals surface area contributed by atoms with Gasteiger partial charge in [0.15, 0.2) is 0 Å². The van der Waals surface area contributed by atoms with E-state index in [4.69, 9.17) is 27.9 Å². The van der Waals surface area contributed by atoms with E-state index < -0.39 is 0 Å². The fraction of sp³-hybridized carbons (Fsp3) is 0.240. The van der Waals surface area contributed by atoms with Gasteiger partial charge in [-0.05, 0) is 63.5 Å². The first-order valence-corrected chi connectivity index (χ1v) is 12.0. The van der Waals surface area contributed by atoms with Crippen LogP contribution in [0.5, 0.6) is 5.75 Å². The fourth-order valence-corrected chi connectivity index (χ4v) is 4.57. The Labute approximate surface area is 206 Å². The molecule has 0 radical (unpaired) electrons. The highest BCUT2D eigenvalue weighted by atomic mass is 79.9. The lowest BCUT2D eigenvalue weighted by Crippen LogP contribution is -2.48. The third-order valence-electron chi connectivity index (χ3n) is 5.47. The summed E-state index contributed by atoms with van der Waals surface area (Å²) in [6.07, 6.45) is 0. The molecule has 4 nitrogen and oxygen atoms in total. The third-order valence-corrected chi connectivity index (χ3v) is 6.72. The average molecular weight is 534 g/mol. The van der Waals surface area contributed by atoms with Gasteiger partial charge in [-0.3, -0.25) is 9.69 Å². The van der Waals surface area contributed by atoms with Crippen LogP contribution in [0.25, 0.3) is 0 Å². The van der Waals surface area contributed by atoms with Crippen LogP contribution in [-0.2, 0) is 13.2 Å². The van der Waals surface area contributed by atoms with Crippen molar-refractivity contribution in [1.82, 2.24) is 9.80 Å². The Bertz CT molecular complexity index is 1100. The van der Waals surface area contributed by atoms with Crippen LogP contribution in [0.15, 0.2) is 71.2 Å². The largest absolute Gasteiger partial charge is 0.488 e. The lowest BCUT2D eigenvalue weighted by Gasteiger charge is -2.35. The molecule has 1 aliphatic heterocycles. The van der Waals surface area contributed by atoms with Gasteiger partial charge in [-0.25, -0.2) is 0 Å². The number of ether oxygens (including phenoxy) is 1. The van der Waals surface area contributed by atoms with Crippen molar-refractivity contribution in [2.75, 3.05) is 26.2 Å². The summed E-state index contributed by atoms with van der Waals surface area (Å²) in [5.74, 6) is 0.832. The maximum atomic E-state index is 13.1. The van der Waals surface area contributed by atoms with Crippen molar-refractivity contribution in [3.63, 3.8) is 0 Å². The van der Waals surface area contributed by atoms with Crippen molar-refractivity contribution in [3.05, 3.63) is 97.9 Å². The van der Waals surface area contributed by atoms with Gasteiger partial charge in [0.1, 0.15) is 12.4 Å². The minimum absolute atomic E-state index is 0.0527. The Kier molecular flexibility index (Phi) is 7.74. The maximum absolute atomic E-state index is 13.1. The highest BCUT2D eigenvalue weighted by Gasteiger charge is 2.23. The van der Waals surface area contributed by atoms with E-state index >= 15 is 0 Å². The molecule has 0 saturated carbocycles. The molecule has 4 rings (SSSR count). The molecule has 0 atom stereocenters. The Hall–Kier alpha value is -2.05. The van der Waals surface area contributed by atoms with Gasteiger partial charge in [-0.2, -0.15) is 0 Å². The topological polar surface area (TPSA) is 32.8 Å². The number of amides is 1. The number of rotatable bonds is 6. The normalized spacial score (nSPS) is 14.4. The first-order chi connectivity index (χ1) is 15.5. The van der Waals surface area contributed by atoms with E-state index in [0.29, 0.717) is 35.3 Å². The monoisotopic (exact) mass is 532 g/mol. The minimum Gasteiger partial charge on any atom is -0.488 e. The van der Waals surface area contributed by atoms with E-state index in [1.165, 1.54) is 0 Å². The average Bonchev–Trinajstić information content (AvgIpc) is 2.80. The number of nitrogens with zero attached hydrogens (tertiary/aromatic N) is 2. The molecule has 1 saturated heterocycles. The first kappa shape index (κ1) is 23.1. The fourth-order valence-electron chi connectivity index (χ4n) is 3.70. The molecular weight excluding hydrogens is 511 g/mol. The van der Waals surface area contributed by atoms with Gasteiger partial charge in [-0.1, -0.05) is 53.5 Å². The number of benzene rings is 3. The number of piperazine rings is 1. The summed E-state index contributed by atoms with van der Waals surface area (Å²) in [7, 11) is 0. The van der Waals surface area contributed by atoms with Crippen molar-refractivity contribution in [3.8, 4) is 5.75 Å². The van der Waals surface area contributed by atoms with Crippen molar-refractivity contribution in [2.45, 2.75) is 13.2 Å². The summed E-state index contributed by atoms with van der Waals surface area (Å²) >= 11 is 15.8. The second kappa shape index (κ2) is 10.7. The van der Waals surface area contributed by atoms with Crippen LogP contribution in [0.2, 0.25) is 10.0 Å². The molecule has 0 spiro atoms. The number of hydrogen-bond donors (Lipinski definition) is 0. The molecule has 0 bridgehead atoms. The highest BCUT2D eigenvalue weighted by Crippen LogP contribution is 2.25. The van der Waals surface area contributed by atoms with E-state index in [9.17, 15) is 4.79 Å². The molecule has 166 valence electrons. The molecule has 0 aromatic heterocycles. The lowest BCUT2D eigenvalue weighted by molar-refractivity contribution is 0.0628. The molecule has 7 heteroatoms. The second-order valence-corrected chi connectivity index (χ2v) is 9.42. The van der Waals surface area contributed by atoms with Crippen LogP contribution in [0.3, 0.4) is 0 Å². The summed E-state index contributed by atoms with van der Waals surface area (Å²) in [5, 5.41) is 1.32. The molecule has 1 fully saturated rings. The highest BCUT2D eigenvalue weighted by molar-refractivity contribution is 9.10. The number of hydrogen-bond acceptors (Lipinski definition) is 3. The van der Waals surface area contributed by atoms with E-state index in [1.54, 1.807) is 6.07 Å². The maximum Gasteiger partial charge on any atom is 0.253 e. The van der Waals surface area contributed by atoms with E-state index in [-0.39, 0.29) is 5.91 Å². The van der Waals surface area contributed by atoms with Crippen molar-refractivity contribution >= 4 is 45.0 Å². The summed E-state index contributed by atoms with van der Waals surface area (Å²) < 4.78 is 6.80. The van der Waals surface area contributed by atoms with Gasteiger partial charge >= 0.3 is 0 Å². The first-order valence-electron chi connectivity index (χ1n) is 10.4. The molecular formula is C25H23BrCl2N2O2. The zero-order chi connectivity index (χ0) is 22.5. The zero-order valence-electron chi connectivity index (χ0n) is 17.4. The van der Waals surface area contributed by atoms with E-state index in [1.807, 2.05) is 65.6 Å². The number of para-hydroxylation sites is 1. The van der Waals surface area contributed by atoms with Crippen molar-refractivity contribution in [1.29, 1.82) is 0 Å². The quantitative estimate of drug-likeness (QED) is 0.373. The molecule has 1 aliphatic rings. The van der Waals surface area contributed by atoms with Crippen LogP contribution in [0.1, 0.15) is 21.5 Å². The van der Waals surface area contributed by atoms with E-state index in [0.717, 1.165) is 41.0 Å². The lowest BCUT2D eigenvalue weighted by atomic mass is 10.1. The van der Waals surface area contributed by atoms with Gasteiger partial charge in [0.05, 0.1) is 4.47 Å². The molecule has 0 unspecified atom stereocenters. The Morgan fingerprint density at radius 3 is 2.47 bits per heavy atom. The minimum atomic E-state index is 0.0527. The summed E-state index contributed by atoms with van der Waals surface area (Å²) in [6, 6.07) is 21.0. The van der Waals surface area contributed by atoms with E-state index in [2.05, 4.69) is 20.8 Å². The SMILES string of the molecule is O=C(c1cccc(COc2ccccc2Br)c1)N1CCN(Cc2ccc(Cl)cc2Cl)CC1. The molecule has 0 aliphatic carbocycles. The molecule has 32 heavy (non-hydrogen) atoms. The molecule has 0 N–H and O–H groups in total. The smallest absolute Gasteiger partial charge is 0.253 e. The van der Waals surface area contributed by atoms with Crippen molar-refractivity contribution in [2.24, 2.45) is 0 Å². The predicted molar refractivity (Wildman–Crippen MR) is 133 cm³/mol. The van der Waals surface area contributed by atoms with Gasteiger partial charge in [0.25, 0.3) is 5.91 Å². The predicted octanol–water partition coefficient (Wildman–Crippen LogP) is 6.29. The van der Waals surface area contributed by atoms with Gasteiger partial charge in [-0.15, -0.1) is 0 Å². The summed E-state index contributed by atoms with van der Waals surface area (Å²) in [4.78, 5) is 17.3. The standard InChI is InChI=1S/C25H23BrCl2N2O2/c26-22-6-1-2-7-24(22)32-17-18-4-3-5-19(14-18)25(31)30-12-10-29(11-13-30)16-20-8-9-21(27)15-23(20)28/h1-9,14-15H,10-13,16-17H2. The van der Waals surface area contributed by atoms with Gasteiger partial charge < -0.3 is 9.64 Å². The molecule has 3 aromatic rings. The second-order valence-electron chi connectivity index (χ2n) is 7.72. The number of carbonyl (C=O) groups excluding carboxylic acids is 1. The Morgan fingerprint density at radius 1 is 0.938 bits per heavy atom. The Balaban J connectivity index is 1.33. The van der Waals surface area contributed by atoms with Crippen LogP contribution in [-0.4, -0.2) is 41.9 Å². The van der Waals surface area contributed by atoms with Crippen molar-refractivity contribution < 1.29 is 9.53 Å². The molecule has 1 heterocycles. The van der Waals surface area contributed by atoms with Gasteiger partial charge in [0, 0.05) is 48.3 Å². The summed E-state index contributed by atoms with van der Waals surface area (Å²) in [5.41, 5.74) is 2.70. The van der Waals surface area contributed by atoms with Crippen LogP contribution < -0.4 is 4.74 Å². The Morgan fingerprint density at radius 2 is 1.72 bits per heavy atom. The van der Waals surface area contributed by atoms with Crippen LogP contribution >= 0.6 is 39.1 Å². The third kappa shape index (κ3) is 5.84. The zero-order valence-corrected chi connectivity index (χ0v) is 20.5. The number of carbonyl (C=O) groups is 1.